The third-order valence-corrected chi connectivity index (χ3v) is 4.95. The first-order chi connectivity index (χ1) is 13.7. The van der Waals surface area contributed by atoms with Gasteiger partial charge in [0.2, 0.25) is 5.91 Å². The fourth-order valence-corrected chi connectivity index (χ4v) is 3.70. The number of amidine groups is 1. The summed E-state index contributed by atoms with van der Waals surface area (Å²) >= 11 is 0. The second-order valence-electron chi connectivity index (χ2n) is 6.80. The first kappa shape index (κ1) is 18.3. The number of benzene rings is 2. The average Bonchev–Trinajstić information content (AvgIpc) is 3.11. The molecule has 0 bridgehead atoms. The van der Waals surface area contributed by atoms with E-state index in [4.69, 9.17) is 14.2 Å². The Balaban J connectivity index is 1.50. The molecule has 0 aromatic heterocycles. The molecule has 1 atom stereocenters. The summed E-state index contributed by atoms with van der Waals surface area (Å²) in [6.45, 7) is 0.410. The zero-order valence-corrected chi connectivity index (χ0v) is 16.0. The number of aliphatic imine (C=N–C) groups is 1. The lowest BCUT2D eigenvalue weighted by molar-refractivity contribution is -0.119. The maximum Gasteiger partial charge on any atom is 0.290 e. The third-order valence-electron chi connectivity index (χ3n) is 4.95. The molecule has 1 aliphatic carbocycles. The van der Waals surface area contributed by atoms with Gasteiger partial charge < -0.3 is 24.8 Å². The summed E-state index contributed by atoms with van der Waals surface area (Å²) in [4.78, 5) is 16.3. The van der Waals surface area contributed by atoms with Gasteiger partial charge in [0.25, 0.3) is 6.02 Å². The van der Waals surface area contributed by atoms with Gasteiger partial charge in [-0.1, -0.05) is 12.1 Å². The van der Waals surface area contributed by atoms with Crippen molar-refractivity contribution in [2.24, 2.45) is 4.99 Å². The molecule has 2 aliphatic rings. The van der Waals surface area contributed by atoms with E-state index in [0.717, 1.165) is 29.8 Å². The Hall–Kier alpha value is -3.06. The second kappa shape index (κ2) is 7.90. The predicted octanol–water partition coefficient (Wildman–Crippen LogP) is 3.07. The predicted molar refractivity (Wildman–Crippen MR) is 106 cm³/mol. The van der Waals surface area contributed by atoms with Crippen LogP contribution in [-0.2, 0) is 27.3 Å². The quantitative estimate of drug-likeness (QED) is 0.832. The van der Waals surface area contributed by atoms with Gasteiger partial charge in [-0.05, 0) is 42.7 Å². The molecule has 2 aromatic carbocycles. The molecule has 0 spiro atoms. The molecular weight excluding hydrogens is 358 g/mol. The Morgan fingerprint density at radius 2 is 2.14 bits per heavy atom. The van der Waals surface area contributed by atoms with Crippen LogP contribution in [0.4, 0.5) is 11.4 Å². The minimum absolute atomic E-state index is 0.0200. The van der Waals surface area contributed by atoms with Crippen LogP contribution in [0.2, 0.25) is 0 Å². The van der Waals surface area contributed by atoms with E-state index in [-0.39, 0.29) is 18.6 Å². The maximum absolute atomic E-state index is 11.7. The van der Waals surface area contributed by atoms with Gasteiger partial charge in [-0.25, -0.2) is 0 Å². The molecule has 0 fully saturated rings. The molecule has 1 heterocycles. The lowest BCUT2D eigenvalue weighted by atomic mass is 10.1. The standard InChI is InChI=1S/C21H23N3O4/c1-26-12-19(25)22-15-7-9-16-14(10-15)11-28-21(23-16)24-17-8-6-13-4-3-5-18(27-2)20(13)17/h3-5,7,9-10,17H,6,8,11-12H2,1-2H3,(H,22,25)(H,23,24). The molecule has 7 nitrogen and oxygen atoms in total. The van der Waals surface area contributed by atoms with Gasteiger partial charge in [-0.2, -0.15) is 4.99 Å². The highest BCUT2D eigenvalue weighted by Crippen LogP contribution is 2.38. The van der Waals surface area contributed by atoms with Crippen molar-refractivity contribution in [2.45, 2.75) is 25.5 Å². The monoisotopic (exact) mass is 381 g/mol. The van der Waals surface area contributed by atoms with E-state index in [0.29, 0.717) is 18.3 Å². The number of aryl methyl sites for hydroxylation is 1. The number of ether oxygens (including phenoxy) is 3. The molecule has 146 valence electrons. The van der Waals surface area contributed by atoms with Crippen molar-refractivity contribution in [1.82, 2.24) is 5.32 Å². The molecule has 1 amide bonds. The van der Waals surface area contributed by atoms with E-state index < -0.39 is 0 Å². The Morgan fingerprint density at radius 1 is 1.25 bits per heavy atom. The molecule has 28 heavy (non-hydrogen) atoms. The number of anilines is 1. The van der Waals surface area contributed by atoms with Gasteiger partial charge in [0.15, 0.2) is 0 Å². The van der Waals surface area contributed by atoms with E-state index in [9.17, 15) is 4.79 Å². The fraction of sp³-hybridized carbons (Fsp3) is 0.333. The molecule has 0 saturated carbocycles. The minimum atomic E-state index is -0.195. The SMILES string of the molecule is COCC(=O)Nc1ccc2c(c1)COC(NC1CCc3cccc(OC)c31)=N2. The van der Waals surface area contributed by atoms with Crippen LogP contribution < -0.4 is 15.4 Å². The normalized spacial score (nSPS) is 17.1. The van der Waals surface area contributed by atoms with Crippen molar-refractivity contribution in [3.8, 4) is 5.75 Å². The van der Waals surface area contributed by atoms with Crippen LogP contribution in [0.25, 0.3) is 0 Å². The number of fused-ring (bicyclic) bond motifs is 2. The van der Waals surface area contributed by atoms with Crippen LogP contribution in [0.5, 0.6) is 5.75 Å². The number of carbonyl (C=O) groups excluding carboxylic acids is 1. The van der Waals surface area contributed by atoms with Gasteiger partial charge in [0, 0.05) is 23.9 Å². The minimum Gasteiger partial charge on any atom is -0.496 e. The average molecular weight is 381 g/mol. The molecule has 0 radical (unpaired) electrons. The summed E-state index contributed by atoms with van der Waals surface area (Å²) < 4.78 is 16.2. The number of nitrogens with one attached hydrogen (secondary N) is 2. The summed E-state index contributed by atoms with van der Waals surface area (Å²) in [5.41, 5.74) is 4.93. The van der Waals surface area contributed by atoms with Crippen molar-refractivity contribution in [1.29, 1.82) is 0 Å². The van der Waals surface area contributed by atoms with Gasteiger partial charge in [0.1, 0.15) is 19.0 Å². The van der Waals surface area contributed by atoms with Gasteiger partial charge in [-0.3, -0.25) is 4.79 Å². The smallest absolute Gasteiger partial charge is 0.290 e. The molecule has 2 N–H and O–H groups in total. The Kier molecular flexibility index (Phi) is 5.16. The molecular formula is C21H23N3O4. The number of carbonyl (C=O) groups is 1. The van der Waals surface area contributed by atoms with E-state index in [1.165, 1.54) is 18.2 Å². The molecule has 1 aliphatic heterocycles. The maximum atomic E-state index is 11.7. The topological polar surface area (TPSA) is 81.2 Å². The van der Waals surface area contributed by atoms with Gasteiger partial charge in [0.05, 0.1) is 18.8 Å². The van der Waals surface area contributed by atoms with Crippen LogP contribution in [0.15, 0.2) is 41.4 Å². The zero-order chi connectivity index (χ0) is 19.5. The molecule has 7 heteroatoms. The van der Waals surface area contributed by atoms with Crippen molar-refractivity contribution in [2.75, 3.05) is 26.1 Å². The third kappa shape index (κ3) is 3.66. The summed E-state index contributed by atoms with van der Waals surface area (Å²) in [5, 5.41) is 6.20. The largest absolute Gasteiger partial charge is 0.496 e. The van der Waals surface area contributed by atoms with Gasteiger partial charge in [-0.15, -0.1) is 0 Å². The van der Waals surface area contributed by atoms with Crippen LogP contribution in [0.3, 0.4) is 0 Å². The Labute approximate surface area is 163 Å². The highest BCUT2D eigenvalue weighted by molar-refractivity contribution is 5.92. The van der Waals surface area contributed by atoms with Crippen molar-refractivity contribution in [3.05, 3.63) is 53.1 Å². The number of nitrogens with zero attached hydrogens (tertiary/aromatic N) is 1. The summed E-state index contributed by atoms with van der Waals surface area (Å²) in [6, 6.07) is 12.3. The summed E-state index contributed by atoms with van der Waals surface area (Å²) in [7, 11) is 3.18. The lowest BCUT2D eigenvalue weighted by Crippen LogP contribution is -2.30. The van der Waals surface area contributed by atoms with E-state index in [1.54, 1.807) is 7.11 Å². The second-order valence-corrected chi connectivity index (χ2v) is 6.80. The number of hydrogen-bond acceptors (Lipinski definition) is 6. The first-order valence-corrected chi connectivity index (χ1v) is 9.23. The zero-order valence-electron chi connectivity index (χ0n) is 16.0. The number of rotatable bonds is 5. The number of amides is 1. The van der Waals surface area contributed by atoms with Crippen LogP contribution in [-0.4, -0.2) is 32.8 Å². The van der Waals surface area contributed by atoms with Crippen LogP contribution >= 0.6 is 0 Å². The van der Waals surface area contributed by atoms with Crippen molar-refractivity contribution < 1.29 is 19.0 Å². The summed E-state index contributed by atoms with van der Waals surface area (Å²) in [6.07, 6.45) is 1.97. The van der Waals surface area contributed by atoms with Crippen LogP contribution in [0, 0.1) is 0 Å². The van der Waals surface area contributed by atoms with E-state index >= 15 is 0 Å². The molecule has 1 unspecified atom stereocenters. The highest BCUT2D eigenvalue weighted by Gasteiger charge is 2.28. The Bertz CT molecular complexity index is 926. The number of methoxy groups -OCH3 is 2. The fourth-order valence-electron chi connectivity index (χ4n) is 3.70. The molecule has 2 aromatic rings. The summed E-state index contributed by atoms with van der Waals surface area (Å²) in [5.74, 6) is 0.694. The van der Waals surface area contributed by atoms with E-state index in [2.05, 4.69) is 21.7 Å². The van der Waals surface area contributed by atoms with Gasteiger partial charge >= 0.3 is 0 Å². The lowest BCUT2D eigenvalue weighted by Gasteiger charge is -2.22. The molecule has 0 saturated heterocycles. The Morgan fingerprint density at radius 3 is 2.96 bits per heavy atom. The van der Waals surface area contributed by atoms with Crippen molar-refractivity contribution >= 4 is 23.3 Å². The van der Waals surface area contributed by atoms with E-state index in [1.807, 2.05) is 30.3 Å². The van der Waals surface area contributed by atoms with Crippen LogP contribution in [0.1, 0.15) is 29.2 Å². The molecule has 4 rings (SSSR count). The first-order valence-electron chi connectivity index (χ1n) is 9.23. The van der Waals surface area contributed by atoms with Crippen molar-refractivity contribution in [3.63, 3.8) is 0 Å². The highest BCUT2D eigenvalue weighted by atomic mass is 16.5. The number of hydrogen-bond donors (Lipinski definition) is 2.